The highest BCUT2D eigenvalue weighted by Gasteiger charge is 2.37. The van der Waals surface area contributed by atoms with Crippen LogP contribution in [0.1, 0.15) is 46.3 Å². The molecule has 2 heterocycles. The third-order valence-corrected chi connectivity index (χ3v) is 7.03. The van der Waals surface area contributed by atoms with E-state index in [0.717, 1.165) is 0 Å². The number of carbonyl (C=O) groups excluding carboxylic acids is 2. The summed E-state index contributed by atoms with van der Waals surface area (Å²) in [5.41, 5.74) is 1.39. The Bertz CT molecular complexity index is 1170. The number of rotatable bonds is 7. The number of hydrogen-bond acceptors (Lipinski definition) is 8. The van der Waals surface area contributed by atoms with Crippen molar-refractivity contribution in [2.75, 3.05) is 24.6 Å². The molecule has 0 bridgehead atoms. The van der Waals surface area contributed by atoms with E-state index in [1.54, 1.807) is 49.1 Å². The van der Waals surface area contributed by atoms with E-state index < -0.39 is 33.1 Å². The van der Waals surface area contributed by atoms with Crippen molar-refractivity contribution in [2.24, 2.45) is 5.92 Å². The van der Waals surface area contributed by atoms with Crippen molar-refractivity contribution in [3.63, 3.8) is 0 Å². The van der Waals surface area contributed by atoms with E-state index in [1.807, 2.05) is 6.07 Å². The number of benzene rings is 1. The largest absolute Gasteiger partial charge is 0.462 e. The zero-order chi connectivity index (χ0) is 23.5. The number of sulfonamides is 1. The summed E-state index contributed by atoms with van der Waals surface area (Å²) >= 11 is 0. The molecule has 1 aromatic heterocycles. The summed E-state index contributed by atoms with van der Waals surface area (Å²) in [6.45, 7) is 5.47. The van der Waals surface area contributed by atoms with Crippen LogP contribution < -0.4 is 9.62 Å². The number of nitriles is 1. The maximum absolute atomic E-state index is 12.6. The molecule has 0 saturated carbocycles. The summed E-state index contributed by atoms with van der Waals surface area (Å²) < 4.78 is 32.3. The molecule has 1 fully saturated rings. The number of pyridine rings is 1. The Hall–Kier alpha value is -3.45. The van der Waals surface area contributed by atoms with Crippen molar-refractivity contribution in [1.82, 2.24) is 9.71 Å². The fraction of sp³-hybridized carbons (Fsp3) is 0.364. The topological polar surface area (TPSA) is 129 Å². The van der Waals surface area contributed by atoms with E-state index in [9.17, 15) is 23.3 Å². The first-order chi connectivity index (χ1) is 15.2. The summed E-state index contributed by atoms with van der Waals surface area (Å²) in [7, 11) is -3.89. The molecule has 9 nitrogen and oxygen atoms in total. The van der Waals surface area contributed by atoms with Crippen molar-refractivity contribution in [3.05, 3.63) is 58.8 Å². The molecule has 1 unspecified atom stereocenters. The Kier molecular flexibility index (Phi) is 6.79. The molecule has 1 aliphatic rings. The molecule has 10 heteroatoms. The van der Waals surface area contributed by atoms with Gasteiger partial charge in [-0.3, -0.25) is 9.52 Å². The second kappa shape index (κ2) is 9.36. The van der Waals surface area contributed by atoms with E-state index in [1.165, 1.54) is 13.0 Å². The van der Waals surface area contributed by atoms with Gasteiger partial charge in [0.2, 0.25) is 15.9 Å². The summed E-state index contributed by atoms with van der Waals surface area (Å²) in [4.78, 5) is 30.6. The molecule has 1 aromatic carbocycles. The van der Waals surface area contributed by atoms with Crippen LogP contribution in [0.2, 0.25) is 0 Å². The number of ether oxygens (including phenoxy) is 1. The van der Waals surface area contributed by atoms with Gasteiger partial charge in [-0.05, 0) is 32.4 Å². The second-order valence-corrected chi connectivity index (χ2v) is 9.49. The lowest BCUT2D eigenvalue weighted by Gasteiger charge is -2.39. The standard InChI is InChI=1S/C22H24N4O5S/c1-4-31-22(28)19-10-17(11-23)20(24-14(19)2)26-12-18(13-26)21(27)25-32(29,30)15(3)16-8-6-5-7-9-16/h5-10,15,18H,4,12-13H2,1-3H3,(H,25,27). The van der Waals surface area contributed by atoms with Crippen LogP contribution in [0.5, 0.6) is 0 Å². The highest BCUT2D eigenvalue weighted by Crippen LogP contribution is 2.29. The van der Waals surface area contributed by atoms with E-state index in [2.05, 4.69) is 9.71 Å². The van der Waals surface area contributed by atoms with Gasteiger partial charge < -0.3 is 9.64 Å². The van der Waals surface area contributed by atoms with Crippen LogP contribution in [0.3, 0.4) is 0 Å². The van der Waals surface area contributed by atoms with Gasteiger partial charge in [0.15, 0.2) is 0 Å². The van der Waals surface area contributed by atoms with Gasteiger partial charge in [-0.1, -0.05) is 30.3 Å². The molecule has 0 spiro atoms. The summed E-state index contributed by atoms with van der Waals surface area (Å²) in [5, 5.41) is 8.60. The van der Waals surface area contributed by atoms with Gasteiger partial charge >= 0.3 is 5.97 Å². The fourth-order valence-corrected chi connectivity index (χ4v) is 4.50. The highest BCUT2D eigenvalue weighted by atomic mass is 32.2. The smallest absolute Gasteiger partial charge is 0.340 e. The lowest BCUT2D eigenvalue weighted by atomic mass is 9.98. The SMILES string of the molecule is CCOC(=O)c1cc(C#N)c(N2CC(C(=O)NS(=O)(=O)C(C)c3ccccc3)C2)nc1C. The van der Waals surface area contributed by atoms with Crippen molar-refractivity contribution in [2.45, 2.75) is 26.0 Å². The number of hydrogen-bond donors (Lipinski definition) is 1. The van der Waals surface area contributed by atoms with Crippen molar-refractivity contribution in [3.8, 4) is 6.07 Å². The third-order valence-electron chi connectivity index (χ3n) is 5.34. The molecule has 0 radical (unpaired) electrons. The quantitative estimate of drug-likeness (QED) is 0.627. The molecule has 1 N–H and O–H groups in total. The first-order valence-corrected chi connectivity index (χ1v) is 11.7. The minimum absolute atomic E-state index is 0.183. The average molecular weight is 457 g/mol. The molecule has 0 aliphatic carbocycles. The van der Waals surface area contributed by atoms with Gasteiger partial charge in [0.1, 0.15) is 17.1 Å². The monoisotopic (exact) mass is 456 g/mol. The number of esters is 1. The molecule has 3 rings (SSSR count). The van der Waals surface area contributed by atoms with E-state index in [4.69, 9.17) is 4.74 Å². The van der Waals surface area contributed by atoms with Crippen LogP contribution in [-0.2, 0) is 19.6 Å². The number of amides is 1. The number of nitrogens with one attached hydrogen (secondary N) is 1. The van der Waals surface area contributed by atoms with Gasteiger partial charge in [0.05, 0.1) is 29.3 Å². The Labute approximate surface area is 187 Å². The Balaban J connectivity index is 1.68. The Morgan fingerprint density at radius 3 is 2.56 bits per heavy atom. The molecule has 2 aromatic rings. The maximum Gasteiger partial charge on any atom is 0.340 e. The lowest BCUT2D eigenvalue weighted by molar-refractivity contribution is -0.123. The van der Waals surface area contributed by atoms with Gasteiger partial charge in [-0.25, -0.2) is 18.2 Å². The molecule has 32 heavy (non-hydrogen) atoms. The van der Waals surface area contributed by atoms with Gasteiger partial charge in [0.25, 0.3) is 0 Å². The van der Waals surface area contributed by atoms with E-state index in [-0.39, 0.29) is 30.8 Å². The Morgan fingerprint density at radius 2 is 1.97 bits per heavy atom. The van der Waals surface area contributed by atoms with Crippen molar-refractivity contribution < 1.29 is 22.7 Å². The summed E-state index contributed by atoms with van der Waals surface area (Å²) in [6, 6.07) is 12.1. The molecule has 1 aliphatic heterocycles. The van der Waals surface area contributed by atoms with Crippen LogP contribution in [-0.4, -0.2) is 45.0 Å². The van der Waals surface area contributed by atoms with Crippen LogP contribution in [0, 0.1) is 24.2 Å². The summed E-state index contributed by atoms with van der Waals surface area (Å²) in [6.07, 6.45) is 0. The number of aromatic nitrogens is 1. The normalized spacial score (nSPS) is 14.8. The maximum atomic E-state index is 12.6. The molecular weight excluding hydrogens is 432 g/mol. The summed E-state index contributed by atoms with van der Waals surface area (Å²) in [5.74, 6) is -1.37. The highest BCUT2D eigenvalue weighted by molar-refractivity contribution is 7.90. The zero-order valence-corrected chi connectivity index (χ0v) is 18.8. The first kappa shape index (κ1) is 23.2. The third kappa shape index (κ3) is 4.73. The van der Waals surface area contributed by atoms with Crippen LogP contribution in [0.15, 0.2) is 36.4 Å². The average Bonchev–Trinajstić information content (AvgIpc) is 2.72. The minimum atomic E-state index is -3.89. The predicted molar refractivity (Wildman–Crippen MR) is 117 cm³/mol. The number of anilines is 1. The van der Waals surface area contributed by atoms with Crippen molar-refractivity contribution in [1.29, 1.82) is 5.26 Å². The number of nitrogens with zero attached hydrogens (tertiary/aromatic N) is 3. The molecule has 168 valence electrons. The number of carbonyl (C=O) groups is 2. The zero-order valence-electron chi connectivity index (χ0n) is 18.0. The van der Waals surface area contributed by atoms with Crippen LogP contribution >= 0.6 is 0 Å². The van der Waals surface area contributed by atoms with Crippen LogP contribution in [0.4, 0.5) is 5.82 Å². The van der Waals surface area contributed by atoms with E-state index in [0.29, 0.717) is 17.1 Å². The number of aryl methyl sites for hydroxylation is 1. The van der Waals surface area contributed by atoms with Gasteiger partial charge in [0, 0.05) is 13.1 Å². The van der Waals surface area contributed by atoms with Gasteiger partial charge in [-0.2, -0.15) is 5.26 Å². The van der Waals surface area contributed by atoms with Crippen LogP contribution in [0.25, 0.3) is 0 Å². The van der Waals surface area contributed by atoms with E-state index >= 15 is 0 Å². The molecule has 1 amide bonds. The second-order valence-electron chi connectivity index (χ2n) is 7.49. The predicted octanol–water partition coefficient (Wildman–Crippen LogP) is 2.08. The van der Waals surface area contributed by atoms with Gasteiger partial charge in [-0.15, -0.1) is 0 Å². The molecular formula is C22H24N4O5S. The Morgan fingerprint density at radius 1 is 1.31 bits per heavy atom. The van der Waals surface area contributed by atoms with Crippen molar-refractivity contribution >= 4 is 27.7 Å². The first-order valence-electron chi connectivity index (χ1n) is 10.1. The lowest BCUT2D eigenvalue weighted by Crippen LogP contribution is -2.55. The molecule has 1 atom stereocenters. The fourth-order valence-electron chi connectivity index (χ4n) is 3.36. The molecule has 1 saturated heterocycles. The minimum Gasteiger partial charge on any atom is -0.462 e.